The second kappa shape index (κ2) is 10.2. The summed E-state index contributed by atoms with van der Waals surface area (Å²) in [7, 11) is 2.60. The summed E-state index contributed by atoms with van der Waals surface area (Å²) in [4.78, 5) is 24.6. The average molecular weight is 382 g/mol. The van der Waals surface area contributed by atoms with Gasteiger partial charge in [-0.2, -0.15) is 0 Å². The zero-order chi connectivity index (χ0) is 20.5. The molecule has 2 rings (SSSR count). The molecule has 6 nitrogen and oxygen atoms in total. The Morgan fingerprint density at radius 1 is 0.964 bits per heavy atom. The third-order valence-electron chi connectivity index (χ3n) is 4.36. The van der Waals surface area contributed by atoms with Crippen LogP contribution in [0.4, 0.5) is 4.79 Å². The number of aryl methyl sites for hydroxylation is 1. The Bertz CT molecular complexity index is 829. The molecule has 1 amide bonds. The molecule has 28 heavy (non-hydrogen) atoms. The minimum absolute atomic E-state index is 0.313. The Labute approximate surface area is 165 Å². The van der Waals surface area contributed by atoms with Crippen LogP contribution < -0.4 is 10.6 Å². The van der Waals surface area contributed by atoms with Gasteiger partial charge in [0, 0.05) is 12.2 Å². The fourth-order valence-corrected chi connectivity index (χ4v) is 2.78. The first-order valence-corrected chi connectivity index (χ1v) is 8.94. The molecule has 0 saturated carbocycles. The molecule has 6 heteroatoms. The molecule has 0 aliphatic rings. The van der Waals surface area contributed by atoms with Crippen LogP contribution in [0.3, 0.4) is 0 Å². The number of hydrogen-bond acceptors (Lipinski definition) is 5. The first-order valence-electron chi connectivity index (χ1n) is 8.94. The van der Waals surface area contributed by atoms with E-state index in [1.165, 1.54) is 14.2 Å². The molecule has 2 aromatic carbocycles. The number of esters is 1. The molecule has 0 unspecified atom stereocenters. The highest BCUT2D eigenvalue weighted by Gasteiger charge is 2.28. The van der Waals surface area contributed by atoms with Gasteiger partial charge in [-0.15, -0.1) is 0 Å². The average Bonchev–Trinajstić information content (AvgIpc) is 2.72. The molecule has 0 radical (unpaired) electrons. The summed E-state index contributed by atoms with van der Waals surface area (Å²) in [5, 5.41) is 5.99. The van der Waals surface area contributed by atoms with Crippen LogP contribution in [0.2, 0.25) is 0 Å². The minimum atomic E-state index is -0.719. The number of methoxy groups -OCH3 is 2. The quantitative estimate of drug-likeness (QED) is 0.565. The van der Waals surface area contributed by atoms with E-state index in [0.29, 0.717) is 17.8 Å². The van der Waals surface area contributed by atoms with Gasteiger partial charge < -0.3 is 20.1 Å². The lowest BCUT2D eigenvalue weighted by molar-refractivity contribution is -0.136. The smallest absolute Gasteiger partial charge is 0.407 e. The van der Waals surface area contributed by atoms with Crippen molar-refractivity contribution < 1.29 is 19.1 Å². The number of carbonyl (C=O) groups is 2. The van der Waals surface area contributed by atoms with E-state index in [4.69, 9.17) is 9.47 Å². The Morgan fingerprint density at radius 2 is 1.61 bits per heavy atom. The van der Waals surface area contributed by atoms with Crippen LogP contribution in [-0.4, -0.2) is 26.3 Å². The lowest BCUT2D eigenvalue weighted by Gasteiger charge is -2.23. The fourth-order valence-electron chi connectivity index (χ4n) is 2.78. The van der Waals surface area contributed by atoms with Gasteiger partial charge in [-0.25, -0.2) is 9.59 Å². The number of amides is 1. The van der Waals surface area contributed by atoms with Crippen molar-refractivity contribution in [3.63, 3.8) is 0 Å². The molecule has 148 valence electrons. The molecule has 0 aromatic heterocycles. The van der Waals surface area contributed by atoms with E-state index >= 15 is 0 Å². The Kier molecular flexibility index (Phi) is 7.63. The van der Waals surface area contributed by atoms with Crippen molar-refractivity contribution in [2.24, 2.45) is 0 Å². The molecular formula is C22H26N2O4. The Balaban J connectivity index is 2.42. The lowest BCUT2D eigenvalue weighted by atomic mass is 9.96. The van der Waals surface area contributed by atoms with Crippen LogP contribution in [0.1, 0.15) is 29.7 Å². The van der Waals surface area contributed by atoms with Crippen LogP contribution in [-0.2, 0) is 20.8 Å². The highest BCUT2D eigenvalue weighted by molar-refractivity contribution is 5.91. The van der Waals surface area contributed by atoms with Crippen molar-refractivity contribution in [2.45, 2.75) is 26.4 Å². The monoisotopic (exact) mass is 382 g/mol. The van der Waals surface area contributed by atoms with Gasteiger partial charge in [0.1, 0.15) is 0 Å². The summed E-state index contributed by atoms with van der Waals surface area (Å²) in [6.45, 7) is 4.29. The van der Waals surface area contributed by atoms with Crippen molar-refractivity contribution in [3.8, 4) is 0 Å². The van der Waals surface area contributed by atoms with Crippen molar-refractivity contribution >= 4 is 12.1 Å². The van der Waals surface area contributed by atoms with E-state index in [0.717, 1.165) is 16.7 Å². The standard InChI is InChI=1S/C22H26N2O4/c1-15-10-12-18(13-11-15)20(24-22(26)28-4)19(21(25)27-3)16(2)23-14-17-8-6-5-7-9-17/h5-13,20,23H,14H2,1-4H3,(H,24,26)/b19-16-/t20-/m0/s1. The van der Waals surface area contributed by atoms with Gasteiger partial charge >= 0.3 is 12.1 Å². The molecule has 2 N–H and O–H groups in total. The normalized spacial score (nSPS) is 12.4. The molecule has 0 bridgehead atoms. The first-order chi connectivity index (χ1) is 13.5. The molecular weight excluding hydrogens is 356 g/mol. The minimum Gasteiger partial charge on any atom is -0.466 e. The molecule has 0 aliphatic heterocycles. The summed E-state index contributed by atoms with van der Waals surface area (Å²) < 4.78 is 9.75. The molecule has 0 heterocycles. The highest BCUT2D eigenvalue weighted by atomic mass is 16.5. The molecule has 2 aromatic rings. The van der Waals surface area contributed by atoms with Crippen molar-refractivity contribution in [2.75, 3.05) is 14.2 Å². The number of allylic oxidation sites excluding steroid dienone is 1. The SMILES string of the molecule is COC(=O)N[C@H](/C(C(=O)OC)=C(\C)NCc1ccccc1)c1ccc(C)cc1. The number of carbonyl (C=O) groups excluding carboxylic acids is 2. The number of alkyl carbamates (subject to hydrolysis) is 1. The van der Waals surface area contributed by atoms with Crippen LogP contribution in [0.15, 0.2) is 65.9 Å². The van der Waals surface area contributed by atoms with E-state index in [1.54, 1.807) is 6.92 Å². The molecule has 1 atom stereocenters. The van der Waals surface area contributed by atoms with E-state index in [9.17, 15) is 9.59 Å². The highest BCUT2D eigenvalue weighted by Crippen LogP contribution is 2.26. The summed E-state index contributed by atoms with van der Waals surface area (Å²) in [5.74, 6) is -0.528. The first kappa shape index (κ1) is 21.0. The lowest BCUT2D eigenvalue weighted by Crippen LogP contribution is -2.34. The zero-order valence-corrected chi connectivity index (χ0v) is 16.6. The number of nitrogens with one attached hydrogen (secondary N) is 2. The largest absolute Gasteiger partial charge is 0.466 e. The number of hydrogen-bond donors (Lipinski definition) is 2. The summed E-state index contributed by atoms with van der Waals surface area (Å²) in [5.41, 5.74) is 3.81. The van der Waals surface area contributed by atoms with Gasteiger partial charge in [0.25, 0.3) is 0 Å². The maximum Gasteiger partial charge on any atom is 0.407 e. The van der Waals surface area contributed by atoms with E-state index in [1.807, 2.05) is 61.5 Å². The predicted octanol–water partition coefficient (Wildman–Crippen LogP) is 3.63. The van der Waals surface area contributed by atoms with Gasteiger partial charge in [-0.05, 0) is 25.0 Å². The maximum atomic E-state index is 12.6. The summed E-state index contributed by atoms with van der Waals surface area (Å²) in [6, 6.07) is 16.7. The van der Waals surface area contributed by atoms with Gasteiger partial charge in [0.05, 0.1) is 25.8 Å². The third kappa shape index (κ3) is 5.61. The number of benzene rings is 2. The van der Waals surface area contributed by atoms with E-state index in [2.05, 4.69) is 10.6 Å². The fraction of sp³-hybridized carbons (Fsp3) is 0.273. The van der Waals surface area contributed by atoms with Crippen molar-refractivity contribution in [3.05, 3.63) is 82.6 Å². The second-order valence-corrected chi connectivity index (χ2v) is 6.35. The third-order valence-corrected chi connectivity index (χ3v) is 4.36. The van der Waals surface area contributed by atoms with Gasteiger partial charge in [-0.3, -0.25) is 0 Å². The molecule has 0 saturated heterocycles. The molecule has 0 fully saturated rings. The van der Waals surface area contributed by atoms with Crippen molar-refractivity contribution in [1.29, 1.82) is 0 Å². The van der Waals surface area contributed by atoms with Crippen LogP contribution in [0, 0.1) is 6.92 Å². The summed E-state index contributed by atoms with van der Waals surface area (Å²) in [6.07, 6.45) is -0.636. The molecule has 0 spiro atoms. The Hall–Kier alpha value is -3.28. The van der Waals surface area contributed by atoms with Gasteiger partial charge in [0.2, 0.25) is 0 Å². The van der Waals surface area contributed by atoms with Crippen LogP contribution in [0.5, 0.6) is 0 Å². The van der Waals surface area contributed by atoms with Gasteiger partial charge in [0.15, 0.2) is 0 Å². The van der Waals surface area contributed by atoms with Crippen molar-refractivity contribution in [1.82, 2.24) is 10.6 Å². The van der Waals surface area contributed by atoms with Gasteiger partial charge in [-0.1, -0.05) is 60.2 Å². The number of rotatable bonds is 7. The predicted molar refractivity (Wildman–Crippen MR) is 107 cm³/mol. The van der Waals surface area contributed by atoms with Crippen LogP contribution in [0.25, 0.3) is 0 Å². The van der Waals surface area contributed by atoms with E-state index in [-0.39, 0.29) is 0 Å². The number of ether oxygens (including phenoxy) is 2. The van der Waals surface area contributed by atoms with E-state index < -0.39 is 18.1 Å². The van der Waals surface area contributed by atoms with Crippen LogP contribution >= 0.6 is 0 Å². The maximum absolute atomic E-state index is 12.6. The second-order valence-electron chi connectivity index (χ2n) is 6.35. The zero-order valence-electron chi connectivity index (χ0n) is 16.6. The Morgan fingerprint density at radius 3 is 2.18 bits per heavy atom. The topological polar surface area (TPSA) is 76.7 Å². The summed E-state index contributed by atoms with van der Waals surface area (Å²) >= 11 is 0. The molecule has 0 aliphatic carbocycles.